The minimum atomic E-state index is -0.404. The summed E-state index contributed by atoms with van der Waals surface area (Å²) in [4.78, 5) is 24.6. The number of carbonyl (C=O) groups is 2. The summed E-state index contributed by atoms with van der Waals surface area (Å²) in [5.74, 6) is 0.109. The van der Waals surface area contributed by atoms with Crippen LogP contribution in [0.5, 0.6) is 0 Å². The number of nitrogens with one attached hydrogen (secondary N) is 2. The minimum absolute atomic E-state index is 0.154. The summed E-state index contributed by atoms with van der Waals surface area (Å²) >= 11 is 0. The fourth-order valence-corrected chi connectivity index (χ4v) is 2.28. The molecule has 1 aromatic carbocycles. The SMILES string of the molecule is CC(C)C(=O)Nc1cc(C(=O)Nc2ccn(C)n2)nn1-c1ccccc1. The molecule has 8 nitrogen and oxygen atoms in total. The first-order valence-corrected chi connectivity index (χ1v) is 8.21. The zero-order valence-corrected chi connectivity index (χ0v) is 14.8. The average Bonchev–Trinajstić information content (AvgIpc) is 3.22. The number of aryl methyl sites for hydroxylation is 1. The normalized spacial score (nSPS) is 10.8. The molecule has 0 spiro atoms. The molecule has 0 saturated carbocycles. The fourth-order valence-electron chi connectivity index (χ4n) is 2.28. The summed E-state index contributed by atoms with van der Waals surface area (Å²) in [5, 5.41) is 14.0. The lowest BCUT2D eigenvalue weighted by atomic mass is 10.2. The first kappa shape index (κ1) is 17.4. The maximum absolute atomic E-state index is 12.5. The summed E-state index contributed by atoms with van der Waals surface area (Å²) < 4.78 is 3.13. The van der Waals surface area contributed by atoms with Crippen LogP contribution >= 0.6 is 0 Å². The molecular weight excluding hydrogens is 332 g/mol. The number of amides is 2. The molecule has 3 aromatic rings. The van der Waals surface area contributed by atoms with E-state index in [1.165, 1.54) is 4.68 Å². The Morgan fingerprint density at radius 3 is 2.38 bits per heavy atom. The first-order valence-electron chi connectivity index (χ1n) is 8.21. The second-order valence-electron chi connectivity index (χ2n) is 6.13. The van der Waals surface area contributed by atoms with Crippen LogP contribution in [0.1, 0.15) is 24.3 Å². The van der Waals surface area contributed by atoms with Crippen molar-refractivity contribution in [1.82, 2.24) is 19.6 Å². The molecule has 0 atom stereocenters. The second-order valence-corrected chi connectivity index (χ2v) is 6.13. The number of carbonyl (C=O) groups excluding carboxylic acids is 2. The van der Waals surface area contributed by atoms with E-state index in [-0.39, 0.29) is 17.5 Å². The van der Waals surface area contributed by atoms with Crippen LogP contribution in [0.25, 0.3) is 5.69 Å². The maximum atomic E-state index is 12.5. The van der Waals surface area contributed by atoms with Gasteiger partial charge in [0.05, 0.1) is 5.69 Å². The summed E-state index contributed by atoms with van der Waals surface area (Å²) in [7, 11) is 1.76. The summed E-state index contributed by atoms with van der Waals surface area (Å²) in [6, 6.07) is 12.5. The van der Waals surface area contributed by atoms with Crippen molar-refractivity contribution < 1.29 is 9.59 Å². The van der Waals surface area contributed by atoms with Gasteiger partial charge in [-0.05, 0) is 12.1 Å². The van der Waals surface area contributed by atoms with E-state index < -0.39 is 5.91 Å². The number of hydrogen-bond acceptors (Lipinski definition) is 4. The van der Waals surface area contributed by atoms with Crippen molar-refractivity contribution >= 4 is 23.5 Å². The molecular formula is C18H20N6O2. The van der Waals surface area contributed by atoms with Crippen molar-refractivity contribution in [3.63, 3.8) is 0 Å². The van der Waals surface area contributed by atoms with Crippen molar-refractivity contribution in [2.45, 2.75) is 13.8 Å². The Morgan fingerprint density at radius 2 is 1.77 bits per heavy atom. The van der Waals surface area contributed by atoms with E-state index in [0.29, 0.717) is 11.6 Å². The van der Waals surface area contributed by atoms with Crippen LogP contribution in [-0.4, -0.2) is 31.4 Å². The topological polar surface area (TPSA) is 93.8 Å². The lowest BCUT2D eigenvalue weighted by Crippen LogP contribution is -2.19. The van der Waals surface area contributed by atoms with Gasteiger partial charge in [0.2, 0.25) is 5.91 Å². The van der Waals surface area contributed by atoms with E-state index >= 15 is 0 Å². The van der Waals surface area contributed by atoms with Crippen LogP contribution in [0.4, 0.5) is 11.6 Å². The number of nitrogens with zero attached hydrogens (tertiary/aromatic N) is 4. The van der Waals surface area contributed by atoms with Gasteiger partial charge < -0.3 is 10.6 Å². The molecule has 0 bridgehead atoms. The van der Waals surface area contributed by atoms with Gasteiger partial charge in [0.1, 0.15) is 5.82 Å². The Morgan fingerprint density at radius 1 is 1.04 bits per heavy atom. The van der Waals surface area contributed by atoms with Gasteiger partial charge in [-0.3, -0.25) is 14.3 Å². The van der Waals surface area contributed by atoms with E-state index in [9.17, 15) is 9.59 Å². The van der Waals surface area contributed by atoms with Crippen LogP contribution in [-0.2, 0) is 11.8 Å². The number of anilines is 2. The summed E-state index contributed by atoms with van der Waals surface area (Å²) in [5.41, 5.74) is 0.919. The third kappa shape index (κ3) is 3.80. The van der Waals surface area contributed by atoms with Gasteiger partial charge >= 0.3 is 0 Å². The molecule has 0 unspecified atom stereocenters. The first-order chi connectivity index (χ1) is 12.4. The monoisotopic (exact) mass is 352 g/mol. The van der Waals surface area contributed by atoms with Crippen LogP contribution in [0.2, 0.25) is 0 Å². The molecule has 2 amide bonds. The van der Waals surface area contributed by atoms with Crippen molar-refractivity contribution in [3.05, 3.63) is 54.4 Å². The smallest absolute Gasteiger partial charge is 0.277 e. The van der Waals surface area contributed by atoms with Gasteiger partial charge in [0, 0.05) is 31.3 Å². The van der Waals surface area contributed by atoms with Gasteiger partial charge in [-0.25, -0.2) is 4.68 Å². The highest BCUT2D eigenvalue weighted by atomic mass is 16.2. The standard InChI is InChI=1S/C18H20N6O2/c1-12(2)17(25)20-16-11-14(18(26)19-15-9-10-23(3)22-15)21-24(16)13-7-5-4-6-8-13/h4-12H,1-3H3,(H,20,25)(H,19,22,26). The highest BCUT2D eigenvalue weighted by molar-refractivity contribution is 6.03. The molecule has 0 radical (unpaired) electrons. The molecule has 0 aliphatic rings. The van der Waals surface area contributed by atoms with E-state index in [1.54, 1.807) is 43.9 Å². The van der Waals surface area contributed by atoms with Gasteiger partial charge in [-0.1, -0.05) is 32.0 Å². The zero-order valence-electron chi connectivity index (χ0n) is 14.8. The Labute approximate surface area is 150 Å². The van der Waals surface area contributed by atoms with E-state index in [2.05, 4.69) is 20.8 Å². The van der Waals surface area contributed by atoms with Gasteiger partial charge in [0.25, 0.3) is 5.91 Å². The van der Waals surface area contributed by atoms with Crippen LogP contribution < -0.4 is 10.6 Å². The molecule has 2 heterocycles. The molecule has 8 heteroatoms. The quantitative estimate of drug-likeness (QED) is 0.737. The highest BCUT2D eigenvalue weighted by Crippen LogP contribution is 2.19. The summed E-state index contributed by atoms with van der Waals surface area (Å²) in [6.45, 7) is 3.60. The van der Waals surface area contributed by atoms with Crippen molar-refractivity contribution in [3.8, 4) is 5.69 Å². The molecule has 134 valence electrons. The van der Waals surface area contributed by atoms with Gasteiger partial charge in [-0.15, -0.1) is 0 Å². The molecule has 0 saturated heterocycles. The number of para-hydroxylation sites is 1. The summed E-state index contributed by atoms with van der Waals surface area (Å²) in [6.07, 6.45) is 1.73. The predicted octanol–water partition coefficient (Wildman–Crippen LogP) is 2.45. The lowest BCUT2D eigenvalue weighted by Gasteiger charge is -2.10. The van der Waals surface area contributed by atoms with Crippen LogP contribution in [0.3, 0.4) is 0 Å². The minimum Gasteiger partial charge on any atom is -0.310 e. The third-order valence-corrected chi connectivity index (χ3v) is 3.67. The number of rotatable bonds is 5. The molecule has 26 heavy (non-hydrogen) atoms. The Hall–Kier alpha value is -3.42. The third-order valence-electron chi connectivity index (χ3n) is 3.67. The van der Waals surface area contributed by atoms with E-state index in [1.807, 2.05) is 30.3 Å². The largest absolute Gasteiger partial charge is 0.310 e. The fraction of sp³-hybridized carbons (Fsp3) is 0.222. The van der Waals surface area contributed by atoms with Crippen molar-refractivity contribution in [1.29, 1.82) is 0 Å². The molecule has 2 N–H and O–H groups in total. The number of hydrogen-bond donors (Lipinski definition) is 2. The molecule has 2 aromatic heterocycles. The molecule has 0 aliphatic carbocycles. The second kappa shape index (κ2) is 7.22. The van der Waals surface area contributed by atoms with Crippen molar-refractivity contribution in [2.24, 2.45) is 13.0 Å². The van der Waals surface area contributed by atoms with Gasteiger partial charge in [-0.2, -0.15) is 10.2 Å². The Kier molecular flexibility index (Phi) is 4.83. The number of benzene rings is 1. The molecule has 0 fully saturated rings. The molecule has 0 aliphatic heterocycles. The predicted molar refractivity (Wildman–Crippen MR) is 98.2 cm³/mol. The van der Waals surface area contributed by atoms with E-state index in [0.717, 1.165) is 5.69 Å². The van der Waals surface area contributed by atoms with Crippen LogP contribution in [0.15, 0.2) is 48.7 Å². The van der Waals surface area contributed by atoms with E-state index in [4.69, 9.17) is 0 Å². The Bertz CT molecular complexity index is 926. The van der Waals surface area contributed by atoms with Crippen molar-refractivity contribution in [2.75, 3.05) is 10.6 Å². The highest BCUT2D eigenvalue weighted by Gasteiger charge is 2.18. The zero-order chi connectivity index (χ0) is 18.7. The Balaban J connectivity index is 1.92. The number of aromatic nitrogens is 4. The maximum Gasteiger partial charge on any atom is 0.277 e. The molecule has 3 rings (SSSR count). The van der Waals surface area contributed by atoms with Crippen LogP contribution in [0, 0.1) is 5.92 Å². The lowest BCUT2D eigenvalue weighted by molar-refractivity contribution is -0.118. The average molecular weight is 352 g/mol. The van der Waals surface area contributed by atoms with Gasteiger partial charge in [0.15, 0.2) is 11.5 Å².